The Morgan fingerprint density at radius 1 is 1.24 bits per heavy atom. The molecule has 4 heteroatoms. The van der Waals surface area contributed by atoms with Crippen molar-refractivity contribution in [1.29, 1.82) is 0 Å². The number of benzene rings is 2. The SMILES string of the molecule is CCNC(Cc1c(F)cccc1Cl)c1cccc(C)c1I. The van der Waals surface area contributed by atoms with Gasteiger partial charge in [-0.05, 0) is 65.7 Å². The molecular weight excluding hydrogens is 400 g/mol. The van der Waals surface area contributed by atoms with Crippen molar-refractivity contribution >= 4 is 34.2 Å². The highest BCUT2D eigenvalue weighted by Gasteiger charge is 2.18. The highest BCUT2D eigenvalue weighted by molar-refractivity contribution is 14.1. The lowest BCUT2D eigenvalue weighted by molar-refractivity contribution is 0.526. The Bertz CT molecular complexity index is 610. The maximum Gasteiger partial charge on any atom is 0.127 e. The van der Waals surface area contributed by atoms with Crippen LogP contribution in [0.15, 0.2) is 36.4 Å². The molecular formula is C17H18ClFIN. The lowest BCUT2D eigenvalue weighted by atomic mass is 9.97. The summed E-state index contributed by atoms with van der Waals surface area (Å²) in [4.78, 5) is 0. The zero-order chi connectivity index (χ0) is 15.4. The monoisotopic (exact) mass is 417 g/mol. The fourth-order valence-corrected chi connectivity index (χ4v) is 3.38. The molecule has 0 radical (unpaired) electrons. The van der Waals surface area contributed by atoms with E-state index in [4.69, 9.17) is 11.6 Å². The van der Waals surface area contributed by atoms with Crippen LogP contribution in [0.4, 0.5) is 4.39 Å². The van der Waals surface area contributed by atoms with Crippen molar-refractivity contribution in [2.24, 2.45) is 0 Å². The Morgan fingerprint density at radius 2 is 1.95 bits per heavy atom. The maximum atomic E-state index is 14.0. The van der Waals surface area contributed by atoms with Gasteiger partial charge in [0.1, 0.15) is 5.82 Å². The van der Waals surface area contributed by atoms with E-state index in [0.717, 1.165) is 6.54 Å². The summed E-state index contributed by atoms with van der Waals surface area (Å²) in [5.41, 5.74) is 3.00. The zero-order valence-electron chi connectivity index (χ0n) is 12.1. The van der Waals surface area contributed by atoms with Crippen LogP contribution in [0.5, 0.6) is 0 Å². The van der Waals surface area contributed by atoms with E-state index in [1.165, 1.54) is 20.8 Å². The lowest BCUT2D eigenvalue weighted by Crippen LogP contribution is -2.24. The molecule has 0 aliphatic carbocycles. The minimum atomic E-state index is -0.243. The fraction of sp³-hybridized carbons (Fsp3) is 0.294. The lowest BCUT2D eigenvalue weighted by Gasteiger charge is -2.21. The predicted octanol–water partition coefficient (Wildman–Crippen LogP) is 5.29. The van der Waals surface area contributed by atoms with E-state index in [-0.39, 0.29) is 11.9 Å². The number of hydrogen-bond acceptors (Lipinski definition) is 1. The number of hydrogen-bond donors (Lipinski definition) is 1. The largest absolute Gasteiger partial charge is 0.310 e. The van der Waals surface area contributed by atoms with Crippen molar-refractivity contribution in [2.45, 2.75) is 26.3 Å². The molecule has 0 heterocycles. The van der Waals surface area contributed by atoms with E-state index in [1.54, 1.807) is 12.1 Å². The first-order valence-electron chi connectivity index (χ1n) is 6.95. The van der Waals surface area contributed by atoms with E-state index in [2.05, 4.69) is 53.9 Å². The van der Waals surface area contributed by atoms with Gasteiger partial charge in [-0.25, -0.2) is 4.39 Å². The number of aryl methyl sites for hydroxylation is 1. The second-order valence-corrected chi connectivity index (χ2v) is 6.48. The third kappa shape index (κ3) is 3.96. The number of nitrogens with one attached hydrogen (secondary N) is 1. The van der Waals surface area contributed by atoms with Crippen LogP contribution in [-0.2, 0) is 6.42 Å². The molecule has 0 aromatic heterocycles. The van der Waals surface area contributed by atoms with Crippen molar-refractivity contribution in [3.63, 3.8) is 0 Å². The van der Waals surface area contributed by atoms with Crippen LogP contribution >= 0.6 is 34.2 Å². The third-order valence-corrected chi connectivity index (χ3v) is 5.35. The van der Waals surface area contributed by atoms with Crippen LogP contribution in [0.2, 0.25) is 5.02 Å². The summed E-state index contributed by atoms with van der Waals surface area (Å²) in [6, 6.07) is 11.1. The van der Waals surface area contributed by atoms with Gasteiger partial charge in [0, 0.05) is 20.2 Å². The number of rotatable bonds is 5. The first kappa shape index (κ1) is 16.7. The average Bonchev–Trinajstić information content (AvgIpc) is 2.45. The van der Waals surface area contributed by atoms with Gasteiger partial charge in [-0.3, -0.25) is 0 Å². The molecule has 0 saturated heterocycles. The molecule has 1 atom stereocenters. The van der Waals surface area contributed by atoms with Gasteiger partial charge in [0.25, 0.3) is 0 Å². The molecule has 1 unspecified atom stereocenters. The highest BCUT2D eigenvalue weighted by atomic mass is 127. The van der Waals surface area contributed by atoms with Gasteiger partial charge >= 0.3 is 0 Å². The third-order valence-electron chi connectivity index (χ3n) is 3.52. The molecule has 112 valence electrons. The van der Waals surface area contributed by atoms with Crippen LogP contribution in [0.25, 0.3) is 0 Å². The highest BCUT2D eigenvalue weighted by Crippen LogP contribution is 2.29. The van der Waals surface area contributed by atoms with E-state index >= 15 is 0 Å². The number of halogens is 3. The summed E-state index contributed by atoms with van der Waals surface area (Å²) < 4.78 is 15.2. The van der Waals surface area contributed by atoms with Gasteiger partial charge in [0.05, 0.1) is 0 Å². The van der Waals surface area contributed by atoms with Crippen molar-refractivity contribution in [3.05, 3.63) is 67.5 Å². The van der Waals surface area contributed by atoms with E-state index in [0.29, 0.717) is 17.0 Å². The van der Waals surface area contributed by atoms with E-state index in [1.807, 2.05) is 6.07 Å². The van der Waals surface area contributed by atoms with Crippen molar-refractivity contribution in [3.8, 4) is 0 Å². The maximum absolute atomic E-state index is 14.0. The van der Waals surface area contributed by atoms with Crippen LogP contribution in [-0.4, -0.2) is 6.54 Å². The van der Waals surface area contributed by atoms with Crippen molar-refractivity contribution < 1.29 is 4.39 Å². The standard InChI is InChI=1S/C17H18ClFIN/c1-3-21-16(12-7-4-6-11(2)17(12)20)10-13-14(18)8-5-9-15(13)19/h4-9,16,21H,3,10H2,1-2H3. The van der Waals surface area contributed by atoms with Gasteiger partial charge in [-0.15, -0.1) is 0 Å². The molecule has 1 N–H and O–H groups in total. The molecule has 1 nitrogen and oxygen atoms in total. The van der Waals surface area contributed by atoms with Gasteiger partial charge in [-0.2, -0.15) is 0 Å². The van der Waals surface area contributed by atoms with E-state index < -0.39 is 0 Å². The Morgan fingerprint density at radius 3 is 2.62 bits per heavy atom. The van der Waals surface area contributed by atoms with Crippen molar-refractivity contribution in [2.75, 3.05) is 6.54 Å². The average molecular weight is 418 g/mol. The van der Waals surface area contributed by atoms with Gasteiger partial charge in [-0.1, -0.05) is 42.8 Å². The van der Waals surface area contributed by atoms with Crippen LogP contribution in [0.1, 0.15) is 29.7 Å². The number of likely N-dealkylation sites (N-methyl/N-ethyl adjacent to an activating group) is 1. The van der Waals surface area contributed by atoms with Crippen molar-refractivity contribution in [1.82, 2.24) is 5.32 Å². The summed E-state index contributed by atoms with van der Waals surface area (Å²) in [5.74, 6) is -0.243. The molecule has 0 amide bonds. The summed E-state index contributed by atoms with van der Waals surface area (Å²) >= 11 is 8.52. The molecule has 2 aromatic rings. The Balaban J connectivity index is 2.38. The summed E-state index contributed by atoms with van der Waals surface area (Å²) in [6.07, 6.45) is 0.540. The molecule has 0 spiro atoms. The summed E-state index contributed by atoms with van der Waals surface area (Å²) in [7, 11) is 0. The normalized spacial score (nSPS) is 12.4. The molecule has 0 fully saturated rings. The van der Waals surface area contributed by atoms with Gasteiger partial charge in [0.15, 0.2) is 0 Å². The second kappa shape index (κ2) is 7.56. The Labute approximate surface area is 144 Å². The van der Waals surface area contributed by atoms with Gasteiger partial charge in [0.2, 0.25) is 0 Å². The second-order valence-electron chi connectivity index (χ2n) is 4.99. The molecule has 0 aliphatic heterocycles. The van der Waals surface area contributed by atoms with Crippen LogP contribution in [0, 0.1) is 16.3 Å². The molecule has 2 rings (SSSR count). The molecule has 0 bridgehead atoms. The first-order valence-corrected chi connectivity index (χ1v) is 8.41. The Hall–Kier alpha value is -0.650. The molecule has 0 aliphatic rings. The summed E-state index contributed by atoms with van der Waals surface area (Å²) in [5, 5.41) is 3.93. The predicted molar refractivity (Wildman–Crippen MR) is 95.4 cm³/mol. The molecule has 0 saturated carbocycles. The topological polar surface area (TPSA) is 12.0 Å². The van der Waals surface area contributed by atoms with Crippen LogP contribution < -0.4 is 5.32 Å². The fourth-order valence-electron chi connectivity index (χ4n) is 2.41. The minimum Gasteiger partial charge on any atom is -0.310 e. The van der Waals surface area contributed by atoms with Crippen LogP contribution in [0.3, 0.4) is 0 Å². The van der Waals surface area contributed by atoms with Gasteiger partial charge < -0.3 is 5.32 Å². The molecule has 2 aromatic carbocycles. The Kier molecular flexibility index (Phi) is 6.02. The zero-order valence-corrected chi connectivity index (χ0v) is 15.0. The summed E-state index contributed by atoms with van der Waals surface area (Å²) in [6.45, 7) is 4.96. The first-order chi connectivity index (χ1) is 10.0. The smallest absolute Gasteiger partial charge is 0.127 e. The quantitative estimate of drug-likeness (QED) is 0.652. The molecule has 21 heavy (non-hydrogen) atoms. The van der Waals surface area contributed by atoms with E-state index in [9.17, 15) is 4.39 Å². The minimum absolute atomic E-state index is 0.0520.